The van der Waals surface area contributed by atoms with Crippen LogP contribution in [-0.4, -0.2) is 39.3 Å². The highest BCUT2D eigenvalue weighted by molar-refractivity contribution is 5.81. The fourth-order valence-corrected chi connectivity index (χ4v) is 4.08. The molecule has 1 aliphatic carbocycles. The molecule has 0 aromatic carbocycles. The number of alkyl halides is 3. The van der Waals surface area contributed by atoms with Crippen LogP contribution in [0.3, 0.4) is 0 Å². The van der Waals surface area contributed by atoms with Crippen LogP contribution in [0, 0.1) is 17.3 Å². The van der Waals surface area contributed by atoms with Gasteiger partial charge in [-0.25, -0.2) is 0 Å². The summed E-state index contributed by atoms with van der Waals surface area (Å²) < 4.78 is 40.5. The number of halogens is 3. The van der Waals surface area contributed by atoms with Gasteiger partial charge >= 0.3 is 6.18 Å². The lowest BCUT2D eigenvalue weighted by molar-refractivity contribution is -0.135. The van der Waals surface area contributed by atoms with Crippen molar-refractivity contribution in [3.8, 4) is 0 Å². The number of rotatable bonds is 5. The molecule has 1 amide bonds. The summed E-state index contributed by atoms with van der Waals surface area (Å²) in [6, 6.07) is -0.209. The van der Waals surface area contributed by atoms with E-state index in [1.165, 1.54) is 19.3 Å². The SMILES string of the molecule is C=C(c1nccnc1/C(=C\C)C(F)(F)F)[C@H]1C[C@@H](C)C[C@@H](NC(=O)[C@@H](O)C(C)(C)C)C1. The normalized spacial score (nSPS) is 23.9. The fraction of sp³-hybridized carbons (Fsp3) is 0.609. The molecule has 0 unspecified atom stereocenters. The van der Waals surface area contributed by atoms with E-state index >= 15 is 0 Å². The molecule has 1 heterocycles. The molecular weight excluding hydrogens is 407 g/mol. The summed E-state index contributed by atoms with van der Waals surface area (Å²) in [7, 11) is 0. The van der Waals surface area contributed by atoms with Gasteiger partial charge in [-0.05, 0) is 49.0 Å². The number of aliphatic hydroxyl groups excluding tert-OH is 1. The number of carbonyl (C=O) groups is 1. The third kappa shape index (κ3) is 6.15. The molecule has 1 fully saturated rings. The number of aliphatic hydroxyl groups is 1. The van der Waals surface area contributed by atoms with Gasteiger partial charge in [0.1, 0.15) is 11.8 Å². The first kappa shape index (κ1) is 25.0. The molecule has 31 heavy (non-hydrogen) atoms. The van der Waals surface area contributed by atoms with Crippen LogP contribution in [0.25, 0.3) is 11.1 Å². The Bertz CT molecular complexity index is 843. The summed E-state index contributed by atoms with van der Waals surface area (Å²) in [5, 5.41) is 13.2. The summed E-state index contributed by atoms with van der Waals surface area (Å²) in [4.78, 5) is 20.6. The number of hydrogen-bond donors (Lipinski definition) is 2. The fourth-order valence-electron chi connectivity index (χ4n) is 4.08. The number of aromatic nitrogens is 2. The van der Waals surface area contributed by atoms with Crippen molar-refractivity contribution in [1.29, 1.82) is 0 Å². The van der Waals surface area contributed by atoms with Crippen molar-refractivity contribution in [2.45, 2.75) is 72.2 Å². The summed E-state index contributed by atoms with van der Waals surface area (Å²) in [6.45, 7) is 12.8. The van der Waals surface area contributed by atoms with Crippen molar-refractivity contribution in [3.63, 3.8) is 0 Å². The van der Waals surface area contributed by atoms with Crippen molar-refractivity contribution in [2.75, 3.05) is 0 Å². The molecule has 5 nitrogen and oxygen atoms in total. The van der Waals surface area contributed by atoms with E-state index in [1.54, 1.807) is 20.8 Å². The lowest BCUT2D eigenvalue weighted by atomic mass is 9.75. The van der Waals surface area contributed by atoms with Crippen molar-refractivity contribution in [1.82, 2.24) is 15.3 Å². The maximum Gasteiger partial charge on any atom is 0.418 e. The third-order valence-corrected chi connectivity index (χ3v) is 5.70. The number of allylic oxidation sites excluding steroid dienone is 3. The molecule has 1 aromatic rings. The summed E-state index contributed by atoms with van der Waals surface area (Å²) in [5.74, 6) is -0.386. The van der Waals surface area contributed by atoms with Gasteiger partial charge in [-0.3, -0.25) is 14.8 Å². The molecule has 2 N–H and O–H groups in total. The largest absolute Gasteiger partial charge is 0.418 e. The smallest absolute Gasteiger partial charge is 0.383 e. The maximum absolute atomic E-state index is 13.5. The number of carbonyl (C=O) groups excluding carboxylic acids is 1. The Morgan fingerprint density at radius 2 is 1.77 bits per heavy atom. The van der Waals surface area contributed by atoms with Crippen molar-refractivity contribution >= 4 is 17.1 Å². The van der Waals surface area contributed by atoms with Crippen LogP contribution in [0.1, 0.15) is 65.3 Å². The quantitative estimate of drug-likeness (QED) is 0.692. The molecule has 0 spiro atoms. The van der Waals surface area contributed by atoms with Crippen LogP contribution >= 0.6 is 0 Å². The van der Waals surface area contributed by atoms with E-state index in [0.29, 0.717) is 12.0 Å². The van der Waals surface area contributed by atoms with Crippen molar-refractivity contribution in [3.05, 3.63) is 36.4 Å². The second-order valence-electron chi connectivity index (χ2n) is 9.46. The molecule has 0 bridgehead atoms. The summed E-state index contributed by atoms with van der Waals surface area (Å²) in [5.41, 5.74) is -1.06. The minimum absolute atomic E-state index is 0.131. The van der Waals surface area contributed by atoms with E-state index in [-0.39, 0.29) is 29.3 Å². The highest BCUT2D eigenvalue weighted by atomic mass is 19.4. The van der Waals surface area contributed by atoms with Gasteiger partial charge in [0.15, 0.2) is 0 Å². The van der Waals surface area contributed by atoms with E-state index < -0.39 is 29.2 Å². The van der Waals surface area contributed by atoms with Gasteiger partial charge in [0, 0.05) is 18.4 Å². The molecule has 0 radical (unpaired) electrons. The monoisotopic (exact) mass is 439 g/mol. The van der Waals surface area contributed by atoms with Gasteiger partial charge in [-0.2, -0.15) is 13.2 Å². The molecule has 2 rings (SSSR count). The third-order valence-electron chi connectivity index (χ3n) is 5.70. The zero-order valence-electron chi connectivity index (χ0n) is 18.8. The van der Waals surface area contributed by atoms with Gasteiger partial charge in [-0.1, -0.05) is 40.3 Å². The van der Waals surface area contributed by atoms with E-state index in [2.05, 4.69) is 21.9 Å². The standard InChI is InChI=1S/C23H32F3N3O2/c1-7-17(23(24,25)26)19-18(27-8-9-28-19)14(3)15-10-13(2)11-16(12-15)29-21(31)20(30)22(4,5)6/h7-9,13,15-16,20,30H,3,10-12H2,1-2,4-6H3,(H,29,31)/b17-7+/t13-,15+,16-,20-/m1/s1. The van der Waals surface area contributed by atoms with Gasteiger partial charge in [0.25, 0.3) is 0 Å². The summed E-state index contributed by atoms with van der Waals surface area (Å²) >= 11 is 0. The molecule has 0 aliphatic heterocycles. The number of nitrogens with one attached hydrogen (secondary N) is 1. The van der Waals surface area contributed by atoms with Gasteiger partial charge in [0.2, 0.25) is 5.91 Å². The Balaban J connectivity index is 2.26. The van der Waals surface area contributed by atoms with Crippen molar-refractivity contribution < 1.29 is 23.1 Å². The highest BCUT2D eigenvalue weighted by Crippen LogP contribution is 2.41. The predicted molar refractivity (Wildman–Crippen MR) is 115 cm³/mol. The average Bonchev–Trinajstić information content (AvgIpc) is 2.65. The Kier molecular flexibility index (Phi) is 7.68. The van der Waals surface area contributed by atoms with Gasteiger partial charge in [0.05, 0.1) is 11.3 Å². The Morgan fingerprint density at radius 1 is 1.19 bits per heavy atom. The first-order valence-electron chi connectivity index (χ1n) is 10.5. The molecule has 0 saturated heterocycles. The lowest BCUT2D eigenvalue weighted by Gasteiger charge is -2.36. The van der Waals surface area contributed by atoms with E-state index in [9.17, 15) is 23.1 Å². The number of hydrogen-bond acceptors (Lipinski definition) is 4. The van der Waals surface area contributed by atoms with E-state index in [4.69, 9.17) is 0 Å². The van der Waals surface area contributed by atoms with Crippen LogP contribution < -0.4 is 5.32 Å². The minimum atomic E-state index is -4.56. The first-order chi connectivity index (χ1) is 14.3. The Morgan fingerprint density at radius 3 is 2.29 bits per heavy atom. The van der Waals surface area contributed by atoms with Crippen LogP contribution in [-0.2, 0) is 4.79 Å². The average molecular weight is 440 g/mol. The number of nitrogens with zero attached hydrogens (tertiary/aromatic N) is 2. The van der Waals surface area contributed by atoms with E-state index in [1.807, 2.05) is 6.92 Å². The molecule has 1 aromatic heterocycles. The molecule has 172 valence electrons. The maximum atomic E-state index is 13.5. The van der Waals surface area contributed by atoms with Crippen LogP contribution in [0.4, 0.5) is 13.2 Å². The van der Waals surface area contributed by atoms with Crippen LogP contribution in [0.2, 0.25) is 0 Å². The lowest BCUT2D eigenvalue weighted by Crippen LogP contribution is -2.48. The predicted octanol–water partition coefficient (Wildman–Crippen LogP) is 4.78. The van der Waals surface area contributed by atoms with Crippen LogP contribution in [0.5, 0.6) is 0 Å². The summed E-state index contributed by atoms with van der Waals surface area (Å²) in [6.07, 6.45) is -0.162. The second kappa shape index (κ2) is 9.51. The molecule has 1 aliphatic rings. The highest BCUT2D eigenvalue weighted by Gasteiger charge is 2.39. The zero-order chi connectivity index (χ0) is 23.6. The van der Waals surface area contributed by atoms with E-state index in [0.717, 1.165) is 18.9 Å². The van der Waals surface area contributed by atoms with Crippen LogP contribution in [0.15, 0.2) is 25.0 Å². The van der Waals surface area contributed by atoms with Gasteiger partial charge < -0.3 is 10.4 Å². The van der Waals surface area contributed by atoms with Gasteiger partial charge in [-0.15, -0.1) is 0 Å². The topological polar surface area (TPSA) is 75.1 Å². The zero-order valence-corrected chi connectivity index (χ0v) is 18.8. The molecule has 8 heteroatoms. The first-order valence-corrected chi connectivity index (χ1v) is 10.5. The molecular formula is C23H32F3N3O2. The number of amides is 1. The van der Waals surface area contributed by atoms with Crippen molar-refractivity contribution in [2.24, 2.45) is 17.3 Å². The molecule has 4 atom stereocenters. The Labute approximate surface area is 181 Å². The Hall–Kier alpha value is -2.22. The molecule has 1 saturated carbocycles. The second-order valence-corrected chi connectivity index (χ2v) is 9.46. The minimum Gasteiger partial charge on any atom is -0.383 e.